The first-order valence-corrected chi connectivity index (χ1v) is 20.4. The zero-order valence-corrected chi connectivity index (χ0v) is 35.3. The van der Waals surface area contributed by atoms with E-state index in [9.17, 15) is 79.0 Å². The monoisotopic (exact) mass is 1100 g/mol. The van der Waals surface area contributed by atoms with E-state index in [0.29, 0.717) is 19.3 Å². The molecular weight excluding hydrogens is 1040 g/mol. The van der Waals surface area contributed by atoms with Crippen molar-refractivity contribution in [2.24, 2.45) is 53.3 Å². The van der Waals surface area contributed by atoms with Crippen molar-refractivity contribution in [1.29, 1.82) is 0 Å². The van der Waals surface area contributed by atoms with Crippen LogP contribution in [0.5, 0.6) is 0 Å². The molecule has 3 saturated carbocycles. The maximum Gasteiger partial charge on any atom is 0.391 e. The standard InChI is InChI=1S/3C13H17F6N.Ir/c3*14-12(15,16)9-3-1-2-8(6-9)11-5-4-10(7-20-11)13(17,18)19;/h3*2,8-11H,1,3-7H2;/q3*-2;. The number of hydrogen-bond donors (Lipinski definition) is 0. The van der Waals surface area contributed by atoms with Crippen LogP contribution in [0.1, 0.15) is 96.3 Å². The molecule has 0 spiro atoms. The van der Waals surface area contributed by atoms with Crippen LogP contribution in [0.15, 0.2) is 0 Å². The summed E-state index contributed by atoms with van der Waals surface area (Å²) in [6, 6.07) is -1.13. The summed E-state index contributed by atoms with van der Waals surface area (Å²) in [6.45, 7) is -0.931. The van der Waals surface area contributed by atoms with Gasteiger partial charge in [-0.1, -0.05) is 57.8 Å². The molecule has 22 heteroatoms. The van der Waals surface area contributed by atoms with Crippen molar-refractivity contribution in [1.82, 2.24) is 0 Å². The van der Waals surface area contributed by atoms with Gasteiger partial charge in [0.2, 0.25) is 0 Å². The second kappa shape index (κ2) is 22.2. The molecule has 0 bridgehead atoms. The van der Waals surface area contributed by atoms with Crippen molar-refractivity contribution < 1.29 is 99.1 Å². The summed E-state index contributed by atoms with van der Waals surface area (Å²) in [5.41, 5.74) is 0. The molecule has 0 N–H and O–H groups in total. The zero-order valence-electron chi connectivity index (χ0n) is 32.9. The summed E-state index contributed by atoms with van der Waals surface area (Å²) in [5.74, 6) is -9.30. The van der Waals surface area contributed by atoms with Gasteiger partial charge >= 0.3 is 37.1 Å². The van der Waals surface area contributed by atoms with Crippen LogP contribution < -0.4 is 0 Å². The summed E-state index contributed by atoms with van der Waals surface area (Å²) in [7, 11) is 0. The predicted molar refractivity (Wildman–Crippen MR) is 186 cm³/mol. The zero-order chi connectivity index (χ0) is 44.9. The van der Waals surface area contributed by atoms with Crippen molar-refractivity contribution in [2.75, 3.05) is 19.6 Å². The van der Waals surface area contributed by atoms with E-state index < -0.39 is 72.6 Å². The van der Waals surface area contributed by atoms with Gasteiger partial charge in [0.1, 0.15) is 0 Å². The Kier molecular flexibility index (Phi) is 19.8. The Balaban J connectivity index is 0.000000242. The van der Waals surface area contributed by atoms with Crippen LogP contribution in [0.2, 0.25) is 0 Å². The Bertz CT molecular complexity index is 1110. The maximum atomic E-state index is 12.7. The van der Waals surface area contributed by atoms with Crippen molar-refractivity contribution in [2.45, 2.75) is 151 Å². The van der Waals surface area contributed by atoms with Gasteiger partial charge in [-0.15, -0.1) is 19.6 Å². The van der Waals surface area contributed by atoms with Crippen LogP contribution in [-0.2, 0) is 20.1 Å². The molecule has 0 amide bonds. The van der Waals surface area contributed by atoms with E-state index in [-0.39, 0.29) is 153 Å². The smallest absolute Gasteiger partial charge is 0.391 e. The van der Waals surface area contributed by atoms with Gasteiger partial charge in [-0.3, -0.25) is 0 Å². The fourth-order valence-corrected chi connectivity index (χ4v) is 9.30. The van der Waals surface area contributed by atoms with Crippen LogP contribution in [0.4, 0.5) is 79.0 Å². The Labute approximate surface area is 358 Å². The van der Waals surface area contributed by atoms with E-state index in [4.69, 9.17) is 0 Å². The first kappa shape index (κ1) is 54.6. The Morgan fingerprint density at radius 1 is 0.295 bits per heavy atom. The number of piperidine rings is 3. The van der Waals surface area contributed by atoms with Gasteiger partial charge in [-0.2, -0.15) is 134 Å². The topological polar surface area (TPSA) is 42.3 Å². The van der Waals surface area contributed by atoms with Crippen LogP contribution in [0, 0.1) is 72.5 Å². The first-order chi connectivity index (χ1) is 27.5. The maximum absolute atomic E-state index is 12.7. The first-order valence-electron chi connectivity index (χ1n) is 20.4. The second-order valence-corrected chi connectivity index (χ2v) is 17.1. The van der Waals surface area contributed by atoms with Gasteiger partial charge in [0.25, 0.3) is 0 Å². The third-order valence-corrected chi connectivity index (χ3v) is 13.0. The molecule has 3 heterocycles. The molecule has 3 nitrogen and oxygen atoms in total. The predicted octanol–water partition coefficient (Wildman–Crippen LogP) is 14.6. The Morgan fingerprint density at radius 2 is 0.508 bits per heavy atom. The molecule has 3 aliphatic carbocycles. The molecule has 12 atom stereocenters. The van der Waals surface area contributed by atoms with Gasteiger partial charge < -0.3 is 35.2 Å². The van der Waals surface area contributed by atoms with E-state index in [1.54, 1.807) is 0 Å². The fourth-order valence-electron chi connectivity index (χ4n) is 9.30. The molecule has 3 aliphatic heterocycles. The van der Waals surface area contributed by atoms with Gasteiger partial charge in [-0.25, -0.2) is 0 Å². The third-order valence-electron chi connectivity index (χ3n) is 13.0. The van der Waals surface area contributed by atoms with Crippen molar-refractivity contribution in [3.05, 3.63) is 35.2 Å². The normalized spacial score (nSPS) is 36.3. The van der Waals surface area contributed by atoms with Gasteiger partial charge in [0, 0.05) is 37.9 Å². The van der Waals surface area contributed by atoms with E-state index in [1.807, 2.05) is 19.3 Å². The summed E-state index contributed by atoms with van der Waals surface area (Å²) in [4.78, 5) is 0. The molecule has 363 valence electrons. The molecule has 1 radical (unpaired) electrons. The van der Waals surface area contributed by atoms with E-state index in [0.717, 1.165) is 0 Å². The Morgan fingerprint density at radius 3 is 0.672 bits per heavy atom. The molecule has 0 aromatic rings. The van der Waals surface area contributed by atoms with Crippen LogP contribution in [0.3, 0.4) is 0 Å². The van der Waals surface area contributed by atoms with Gasteiger partial charge in [0.05, 0.1) is 17.8 Å². The number of nitrogens with zero attached hydrogens (tertiary/aromatic N) is 3. The summed E-state index contributed by atoms with van der Waals surface area (Å²) in [6.07, 6.45) is -18.1. The SMILES string of the molecule is FC(F)(F)C1CCC(C2[CH-]CCC(C(F)(F)F)C2)[N-]C1.FC(F)(F)C1CCC(C2[CH-]CCC(C(F)(F)F)C2)[N-]C1.FC(F)(F)C1CCC(C2[CH-]CCC(C(F)(F)F)C2)[N-]C1.[Ir]. The van der Waals surface area contributed by atoms with E-state index in [1.165, 1.54) is 0 Å². The minimum absolute atomic E-state index is 0. The molecule has 0 aromatic carbocycles. The van der Waals surface area contributed by atoms with Crippen molar-refractivity contribution >= 4 is 0 Å². The summed E-state index contributed by atoms with van der Waals surface area (Å²) >= 11 is 0. The van der Waals surface area contributed by atoms with Crippen molar-refractivity contribution in [3.8, 4) is 0 Å². The molecular formula is C39H51F18IrN3-6. The van der Waals surface area contributed by atoms with Crippen molar-refractivity contribution in [3.63, 3.8) is 0 Å². The molecule has 0 aromatic heterocycles. The van der Waals surface area contributed by atoms with E-state index in [2.05, 4.69) is 16.0 Å². The molecule has 6 rings (SSSR count). The second-order valence-electron chi connectivity index (χ2n) is 17.1. The Hall–Kier alpha value is -0.731. The van der Waals surface area contributed by atoms with Gasteiger partial charge in [0.15, 0.2) is 0 Å². The van der Waals surface area contributed by atoms with Crippen LogP contribution in [0.25, 0.3) is 16.0 Å². The average molecular weight is 1100 g/mol. The van der Waals surface area contributed by atoms with Crippen LogP contribution in [-0.4, -0.2) is 74.8 Å². The number of halogens is 18. The molecule has 6 fully saturated rings. The fraction of sp³-hybridized carbons (Fsp3) is 0.923. The van der Waals surface area contributed by atoms with Gasteiger partial charge in [-0.05, 0) is 19.3 Å². The number of rotatable bonds is 3. The minimum atomic E-state index is -4.25. The number of alkyl halides is 18. The minimum Gasteiger partial charge on any atom is -0.661 e. The molecule has 61 heavy (non-hydrogen) atoms. The largest absolute Gasteiger partial charge is 0.661 e. The summed E-state index contributed by atoms with van der Waals surface area (Å²) < 4.78 is 227. The third kappa shape index (κ3) is 16.9. The van der Waals surface area contributed by atoms with E-state index >= 15 is 0 Å². The summed E-state index contributed by atoms with van der Waals surface area (Å²) in [5, 5.41) is 12.0. The van der Waals surface area contributed by atoms with Crippen LogP contribution >= 0.6 is 0 Å². The average Bonchev–Trinajstić information content (AvgIpc) is 3.17. The number of hydrogen-bond acceptors (Lipinski definition) is 0. The quantitative estimate of drug-likeness (QED) is 0.200. The molecule has 6 aliphatic rings. The molecule has 12 unspecified atom stereocenters. The molecule has 3 saturated heterocycles.